The van der Waals surface area contributed by atoms with Gasteiger partial charge in [-0.15, -0.1) is 0 Å². The summed E-state index contributed by atoms with van der Waals surface area (Å²) in [6.07, 6.45) is 1.95. The highest BCUT2D eigenvalue weighted by atomic mass is 16.2. The predicted octanol–water partition coefficient (Wildman–Crippen LogP) is 1.88. The maximum atomic E-state index is 12.8. The van der Waals surface area contributed by atoms with Crippen molar-refractivity contribution in [3.05, 3.63) is 29.6 Å². The van der Waals surface area contributed by atoms with Gasteiger partial charge in [-0.2, -0.15) is 0 Å². The number of imidazole rings is 1. The number of fused-ring (bicyclic) bond motifs is 1. The van der Waals surface area contributed by atoms with Crippen molar-refractivity contribution in [2.24, 2.45) is 0 Å². The van der Waals surface area contributed by atoms with Gasteiger partial charge < -0.3 is 14.7 Å². The van der Waals surface area contributed by atoms with E-state index in [0.29, 0.717) is 0 Å². The summed E-state index contributed by atoms with van der Waals surface area (Å²) < 4.78 is 2.06. The van der Waals surface area contributed by atoms with Gasteiger partial charge in [0.1, 0.15) is 11.5 Å². The van der Waals surface area contributed by atoms with E-state index in [9.17, 15) is 4.79 Å². The number of aryl methyl sites for hydroxylation is 1. The van der Waals surface area contributed by atoms with Crippen molar-refractivity contribution in [2.75, 3.05) is 51.2 Å². The summed E-state index contributed by atoms with van der Waals surface area (Å²) in [5, 5.41) is 0. The number of hydrogen-bond donors (Lipinski definition) is 0. The van der Waals surface area contributed by atoms with Crippen LogP contribution in [0.2, 0.25) is 0 Å². The molecule has 130 valence electrons. The Hall–Kier alpha value is -2.08. The smallest absolute Gasteiger partial charge is 0.255 e. The highest BCUT2D eigenvalue weighted by Crippen LogP contribution is 2.23. The number of hydrogen-bond acceptors (Lipinski definition) is 4. The summed E-state index contributed by atoms with van der Waals surface area (Å²) in [5.74, 6) is 1.20. The lowest BCUT2D eigenvalue weighted by molar-refractivity contribution is 0.0663. The molecule has 1 fully saturated rings. The number of piperazine rings is 1. The van der Waals surface area contributed by atoms with Crippen LogP contribution in [0.5, 0.6) is 0 Å². The molecule has 24 heavy (non-hydrogen) atoms. The number of carbonyl (C=O) groups is 1. The summed E-state index contributed by atoms with van der Waals surface area (Å²) in [6, 6.07) is 3.84. The highest BCUT2D eigenvalue weighted by Gasteiger charge is 2.22. The van der Waals surface area contributed by atoms with Crippen LogP contribution in [0.25, 0.3) is 5.65 Å². The lowest BCUT2D eigenvalue weighted by Crippen LogP contribution is -2.47. The van der Waals surface area contributed by atoms with E-state index in [1.807, 2.05) is 30.2 Å². The van der Waals surface area contributed by atoms with Crippen LogP contribution >= 0.6 is 0 Å². The van der Waals surface area contributed by atoms with Crippen LogP contribution in [-0.2, 0) is 0 Å². The van der Waals surface area contributed by atoms with Crippen LogP contribution in [-0.4, -0.2) is 71.4 Å². The summed E-state index contributed by atoms with van der Waals surface area (Å²) >= 11 is 0. The topological polar surface area (TPSA) is 44.1 Å². The Morgan fingerprint density at radius 2 is 1.83 bits per heavy atom. The molecule has 1 aliphatic heterocycles. The van der Waals surface area contributed by atoms with Gasteiger partial charge in [0, 0.05) is 45.5 Å². The zero-order valence-corrected chi connectivity index (χ0v) is 15.1. The van der Waals surface area contributed by atoms with E-state index >= 15 is 0 Å². The highest BCUT2D eigenvalue weighted by molar-refractivity contribution is 5.94. The summed E-state index contributed by atoms with van der Waals surface area (Å²) in [5.41, 5.74) is 2.63. The molecular weight excluding hydrogens is 302 g/mol. The first kappa shape index (κ1) is 16.8. The predicted molar refractivity (Wildman–Crippen MR) is 96.9 cm³/mol. The number of nitrogens with zero attached hydrogens (tertiary/aromatic N) is 5. The molecule has 0 unspecified atom stereocenters. The summed E-state index contributed by atoms with van der Waals surface area (Å²) in [4.78, 5) is 24.0. The lowest BCUT2D eigenvalue weighted by Gasteiger charge is -2.32. The van der Waals surface area contributed by atoms with E-state index in [4.69, 9.17) is 0 Å². The Morgan fingerprint density at radius 3 is 2.46 bits per heavy atom. The molecule has 3 rings (SSSR count). The average molecular weight is 329 g/mol. The van der Waals surface area contributed by atoms with Gasteiger partial charge in [-0.25, -0.2) is 4.98 Å². The molecule has 0 saturated carbocycles. The summed E-state index contributed by atoms with van der Waals surface area (Å²) in [7, 11) is 2.10. The Bertz CT molecular complexity index is 726. The number of rotatable bonds is 4. The van der Waals surface area contributed by atoms with Crippen LogP contribution in [0.1, 0.15) is 29.9 Å². The van der Waals surface area contributed by atoms with Crippen LogP contribution in [0, 0.1) is 6.92 Å². The minimum atomic E-state index is 0.113. The Morgan fingerprint density at radius 1 is 1.17 bits per heavy atom. The Kier molecular flexibility index (Phi) is 4.76. The van der Waals surface area contributed by atoms with E-state index in [0.717, 1.165) is 62.0 Å². The van der Waals surface area contributed by atoms with Gasteiger partial charge >= 0.3 is 0 Å². The van der Waals surface area contributed by atoms with Gasteiger partial charge in [0.15, 0.2) is 0 Å². The van der Waals surface area contributed by atoms with Crippen LogP contribution in [0.4, 0.5) is 5.82 Å². The van der Waals surface area contributed by atoms with Crippen molar-refractivity contribution in [1.29, 1.82) is 0 Å². The Balaban J connectivity index is 1.95. The molecule has 6 nitrogen and oxygen atoms in total. The molecule has 1 aliphatic rings. The Labute approximate surface area is 143 Å². The molecule has 0 aromatic carbocycles. The largest absolute Gasteiger partial charge is 0.357 e. The van der Waals surface area contributed by atoms with Gasteiger partial charge in [-0.3, -0.25) is 9.20 Å². The minimum Gasteiger partial charge on any atom is -0.357 e. The van der Waals surface area contributed by atoms with Gasteiger partial charge in [-0.05, 0) is 40.0 Å². The quantitative estimate of drug-likeness (QED) is 0.859. The monoisotopic (exact) mass is 329 g/mol. The normalized spacial score (nSPS) is 15.9. The van der Waals surface area contributed by atoms with E-state index < -0.39 is 0 Å². The molecule has 0 bridgehead atoms. The van der Waals surface area contributed by atoms with Crippen molar-refractivity contribution in [3.63, 3.8) is 0 Å². The molecule has 6 heteroatoms. The van der Waals surface area contributed by atoms with Gasteiger partial charge in [0.25, 0.3) is 5.91 Å². The zero-order chi connectivity index (χ0) is 17.3. The summed E-state index contributed by atoms with van der Waals surface area (Å²) in [6.45, 7) is 11.6. The molecule has 3 heterocycles. The van der Waals surface area contributed by atoms with Crippen molar-refractivity contribution in [3.8, 4) is 0 Å². The second-order valence-corrected chi connectivity index (χ2v) is 6.43. The third-order valence-corrected chi connectivity index (χ3v) is 4.86. The SMILES string of the molecule is CCN(CC)c1c(C)nc2ccc(C(=O)N3CCN(C)CC3)cn12. The molecule has 0 atom stereocenters. The molecule has 0 aliphatic carbocycles. The van der Waals surface area contributed by atoms with Gasteiger partial charge in [0.05, 0.1) is 11.3 Å². The molecule has 0 spiro atoms. The standard InChI is InChI=1S/C18H27N5O/c1-5-21(6-2)17-14(3)19-16-8-7-15(13-23(16)17)18(24)22-11-9-20(4)10-12-22/h7-8,13H,5-6,9-12H2,1-4H3. The number of anilines is 1. The third kappa shape index (κ3) is 2.98. The second kappa shape index (κ2) is 6.81. The molecule has 2 aromatic rings. The number of carbonyl (C=O) groups excluding carboxylic acids is 1. The van der Waals surface area contributed by atoms with E-state index in [1.54, 1.807) is 0 Å². The number of aromatic nitrogens is 2. The number of likely N-dealkylation sites (N-methyl/N-ethyl adjacent to an activating group) is 1. The van der Waals surface area contributed by atoms with E-state index in [2.05, 4.69) is 40.1 Å². The van der Waals surface area contributed by atoms with Gasteiger partial charge in [0.2, 0.25) is 0 Å². The first-order valence-corrected chi connectivity index (χ1v) is 8.76. The van der Waals surface area contributed by atoms with Crippen molar-refractivity contribution in [2.45, 2.75) is 20.8 Å². The third-order valence-electron chi connectivity index (χ3n) is 4.86. The van der Waals surface area contributed by atoms with Crippen molar-refractivity contribution < 1.29 is 4.79 Å². The lowest BCUT2D eigenvalue weighted by atomic mass is 10.2. The minimum absolute atomic E-state index is 0.113. The van der Waals surface area contributed by atoms with Crippen molar-refractivity contribution >= 4 is 17.4 Å². The van der Waals surface area contributed by atoms with Crippen molar-refractivity contribution in [1.82, 2.24) is 19.2 Å². The van der Waals surface area contributed by atoms with Gasteiger partial charge in [-0.1, -0.05) is 0 Å². The molecule has 1 amide bonds. The fourth-order valence-electron chi connectivity index (χ4n) is 3.37. The second-order valence-electron chi connectivity index (χ2n) is 6.43. The zero-order valence-electron chi connectivity index (χ0n) is 15.1. The fourth-order valence-corrected chi connectivity index (χ4v) is 3.37. The molecular formula is C18H27N5O. The van der Waals surface area contributed by atoms with Crippen LogP contribution < -0.4 is 4.90 Å². The number of pyridine rings is 1. The van der Waals surface area contributed by atoms with E-state index in [-0.39, 0.29) is 5.91 Å². The van der Waals surface area contributed by atoms with Crippen LogP contribution in [0.15, 0.2) is 18.3 Å². The maximum Gasteiger partial charge on any atom is 0.255 e. The van der Waals surface area contributed by atoms with E-state index in [1.165, 1.54) is 0 Å². The first-order valence-electron chi connectivity index (χ1n) is 8.76. The maximum absolute atomic E-state index is 12.8. The molecule has 1 saturated heterocycles. The van der Waals surface area contributed by atoms with Crippen LogP contribution in [0.3, 0.4) is 0 Å². The average Bonchev–Trinajstić information content (AvgIpc) is 2.92. The molecule has 0 radical (unpaired) electrons. The molecule has 0 N–H and O–H groups in total. The first-order chi connectivity index (χ1) is 11.5. The molecule has 2 aromatic heterocycles. The number of amides is 1. The fraction of sp³-hybridized carbons (Fsp3) is 0.556.